The number of carbonyl (C=O) groups excluding carboxylic acids is 1. The summed E-state index contributed by atoms with van der Waals surface area (Å²) in [6.07, 6.45) is -2.05. The molecule has 0 spiro atoms. The molecule has 0 aliphatic heterocycles. The lowest BCUT2D eigenvalue weighted by Crippen LogP contribution is -2.40. The standard InChI is InChI=1S/C15H15ClF3N5O3S/c1-2-23(14(25)13(20)28(26,27)7-5-15(17,18)19)11-9-24(22-12(11)16)10-4-3-6-21-8-10/h3-4,6,8-9,20H,2,5,7H2,1H3. The summed E-state index contributed by atoms with van der Waals surface area (Å²) in [7, 11) is -4.72. The van der Waals surface area contributed by atoms with Crippen molar-refractivity contribution in [2.45, 2.75) is 19.5 Å². The summed E-state index contributed by atoms with van der Waals surface area (Å²) < 4.78 is 62.1. The molecule has 0 bridgehead atoms. The lowest BCUT2D eigenvalue weighted by atomic mass is 10.4. The average Bonchev–Trinajstić information content (AvgIpc) is 3.02. The predicted molar refractivity (Wildman–Crippen MR) is 96.6 cm³/mol. The molecule has 152 valence electrons. The van der Waals surface area contributed by atoms with Crippen LogP contribution in [0.4, 0.5) is 18.9 Å². The normalized spacial score (nSPS) is 12.0. The molecule has 2 aromatic rings. The monoisotopic (exact) mass is 437 g/mol. The van der Waals surface area contributed by atoms with Gasteiger partial charge in [-0.1, -0.05) is 11.6 Å². The van der Waals surface area contributed by atoms with E-state index in [0.717, 1.165) is 4.90 Å². The molecule has 0 saturated heterocycles. The van der Waals surface area contributed by atoms with Crippen molar-refractivity contribution >= 4 is 38.1 Å². The zero-order valence-electron chi connectivity index (χ0n) is 14.4. The molecule has 0 radical (unpaired) electrons. The van der Waals surface area contributed by atoms with Gasteiger partial charge in [0.15, 0.2) is 5.15 Å². The fourth-order valence-corrected chi connectivity index (χ4v) is 3.49. The SMILES string of the molecule is CCN(C(=O)C(=N)S(=O)(=O)CCC(F)(F)F)c1cn(-c2cccnc2)nc1Cl. The van der Waals surface area contributed by atoms with E-state index in [0.29, 0.717) is 5.69 Å². The van der Waals surface area contributed by atoms with Crippen LogP contribution in [0.25, 0.3) is 5.69 Å². The molecule has 0 atom stereocenters. The molecule has 8 nitrogen and oxygen atoms in total. The Labute approximate surface area is 163 Å². The van der Waals surface area contributed by atoms with Gasteiger partial charge in [0, 0.05) is 12.7 Å². The topological polar surface area (TPSA) is 109 Å². The van der Waals surface area contributed by atoms with Gasteiger partial charge in [0.1, 0.15) is 5.69 Å². The zero-order valence-corrected chi connectivity index (χ0v) is 16.0. The first-order chi connectivity index (χ1) is 13.0. The lowest BCUT2D eigenvalue weighted by Gasteiger charge is -2.19. The highest BCUT2D eigenvalue weighted by Gasteiger charge is 2.35. The van der Waals surface area contributed by atoms with Crippen LogP contribution >= 0.6 is 11.6 Å². The Morgan fingerprint density at radius 2 is 2.07 bits per heavy atom. The molecule has 1 amide bonds. The first-order valence-corrected chi connectivity index (χ1v) is 9.85. The van der Waals surface area contributed by atoms with Gasteiger partial charge in [0.25, 0.3) is 5.91 Å². The Bertz CT molecular complexity index is 977. The van der Waals surface area contributed by atoms with E-state index >= 15 is 0 Å². The minimum absolute atomic E-state index is 0.00814. The zero-order chi connectivity index (χ0) is 21.1. The van der Waals surface area contributed by atoms with Gasteiger partial charge in [0.05, 0.1) is 30.3 Å². The van der Waals surface area contributed by atoms with Crippen LogP contribution in [0.1, 0.15) is 13.3 Å². The first-order valence-electron chi connectivity index (χ1n) is 7.81. The van der Waals surface area contributed by atoms with Gasteiger partial charge < -0.3 is 4.90 Å². The molecule has 0 saturated carbocycles. The van der Waals surface area contributed by atoms with E-state index in [1.165, 1.54) is 30.2 Å². The number of rotatable bonds is 5. The van der Waals surface area contributed by atoms with Crippen molar-refractivity contribution in [1.82, 2.24) is 14.8 Å². The molecule has 0 fully saturated rings. The number of pyridine rings is 1. The molecule has 28 heavy (non-hydrogen) atoms. The largest absolute Gasteiger partial charge is 0.390 e. The first kappa shape index (κ1) is 21.8. The van der Waals surface area contributed by atoms with Crippen LogP contribution in [0, 0.1) is 5.41 Å². The number of sulfone groups is 1. The highest BCUT2D eigenvalue weighted by Crippen LogP contribution is 2.27. The lowest BCUT2D eigenvalue weighted by molar-refractivity contribution is -0.130. The number of amides is 1. The molecule has 0 aromatic carbocycles. The number of alkyl halides is 3. The summed E-state index contributed by atoms with van der Waals surface area (Å²) in [4.78, 5) is 17.2. The van der Waals surface area contributed by atoms with Gasteiger partial charge in [-0.3, -0.25) is 15.2 Å². The van der Waals surface area contributed by atoms with Crippen molar-refractivity contribution < 1.29 is 26.4 Å². The Balaban J connectivity index is 2.29. The molecular weight excluding hydrogens is 423 g/mol. The molecule has 0 aliphatic carbocycles. The van der Waals surface area contributed by atoms with E-state index in [-0.39, 0.29) is 17.4 Å². The van der Waals surface area contributed by atoms with Crippen molar-refractivity contribution in [2.24, 2.45) is 0 Å². The number of anilines is 1. The molecule has 2 heterocycles. The maximum absolute atomic E-state index is 12.5. The summed E-state index contributed by atoms with van der Waals surface area (Å²) in [5.74, 6) is -2.68. The molecule has 1 N–H and O–H groups in total. The maximum atomic E-state index is 12.5. The number of carbonyl (C=O) groups is 1. The number of aromatic nitrogens is 3. The number of nitrogens with one attached hydrogen (secondary N) is 1. The average molecular weight is 438 g/mol. The van der Waals surface area contributed by atoms with E-state index in [9.17, 15) is 26.4 Å². The quantitative estimate of drug-likeness (QED) is 0.571. The van der Waals surface area contributed by atoms with Gasteiger partial charge in [-0.15, -0.1) is 0 Å². The summed E-state index contributed by atoms with van der Waals surface area (Å²) in [6, 6.07) is 3.29. The number of nitrogens with zero attached hydrogens (tertiary/aromatic N) is 4. The van der Waals surface area contributed by atoms with Crippen LogP contribution in [-0.4, -0.2) is 52.6 Å². The van der Waals surface area contributed by atoms with E-state index in [1.807, 2.05) is 0 Å². The van der Waals surface area contributed by atoms with Crippen LogP contribution in [0.2, 0.25) is 5.15 Å². The van der Waals surface area contributed by atoms with Crippen molar-refractivity contribution in [1.29, 1.82) is 5.41 Å². The van der Waals surface area contributed by atoms with Gasteiger partial charge in [-0.25, -0.2) is 13.1 Å². The van der Waals surface area contributed by atoms with Gasteiger partial charge in [-0.05, 0) is 19.1 Å². The van der Waals surface area contributed by atoms with E-state index in [4.69, 9.17) is 17.0 Å². The summed E-state index contributed by atoms with van der Waals surface area (Å²) >= 11 is 6.04. The Morgan fingerprint density at radius 3 is 2.61 bits per heavy atom. The second-order valence-electron chi connectivity index (χ2n) is 5.52. The summed E-state index contributed by atoms with van der Waals surface area (Å²) in [5.41, 5.74) is 0.515. The minimum atomic E-state index is -4.73. The van der Waals surface area contributed by atoms with Crippen molar-refractivity contribution in [2.75, 3.05) is 17.2 Å². The van der Waals surface area contributed by atoms with Crippen molar-refractivity contribution in [3.63, 3.8) is 0 Å². The highest BCUT2D eigenvalue weighted by atomic mass is 35.5. The fraction of sp³-hybridized carbons (Fsp3) is 0.333. The second kappa shape index (κ2) is 8.27. The van der Waals surface area contributed by atoms with Gasteiger partial charge in [-0.2, -0.15) is 18.3 Å². The van der Waals surface area contributed by atoms with Crippen LogP contribution in [0.5, 0.6) is 0 Å². The summed E-state index contributed by atoms with van der Waals surface area (Å²) in [5, 5.41) is 10.0. The van der Waals surface area contributed by atoms with Crippen LogP contribution in [0.15, 0.2) is 30.7 Å². The maximum Gasteiger partial charge on any atom is 0.390 e. The molecule has 0 unspecified atom stereocenters. The number of hydrogen-bond donors (Lipinski definition) is 1. The number of halogens is 4. The molecular formula is C15H15ClF3N5O3S. The second-order valence-corrected chi connectivity index (χ2v) is 7.93. The Hall–Kier alpha value is -2.47. The minimum Gasteiger partial charge on any atom is -0.302 e. The third kappa shape index (κ3) is 5.07. The smallest absolute Gasteiger partial charge is 0.302 e. The third-order valence-corrected chi connectivity index (χ3v) is 5.38. The van der Waals surface area contributed by atoms with Crippen molar-refractivity contribution in [3.05, 3.63) is 35.9 Å². The summed E-state index contributed by atoms with van der Waals surface area (Å²) in [6.45, 7) is 1.40. The molecule has 0 aliphatic rings. The van der Waals surface area contributed by atoms with Crippen molar-refractivity contribution in [3.8, 4) is 5.69 Å². The van der Waals surface area contributed by atoms with Crippen LogP contribution in [-0.2, 0) is 14.6 Å². The Kier molecular flexibility index (Phi) is 6.44. The predicted octanol–water partition coefficient (Wildman–Crippen LogP) is 2.62. The van der Waals surface area contributed by atoms with E-state index < -0.39 is 39.1 Å². The van der Waals surface area contributed by atoms with Crippen LogP contribution in [0.3, 0.4) is 0 Å². The molecule has 13 heteroatoms. The van der Waals surface area contributed by atoms with Crippen LogP contribution < -0.4 is 4.90 Å². The highest BCUT2D eigenvalue weighted by molar-refractivity contribution is 8.08. The van der Waals surface area contributed by atoms with E-state index in [1.54, 1.807) is 12.1 Å². The molecule has 2 aromatic heterocycles. The molecule has 2 rings (SSSR count). The fourth-order valence-electron chi connectivity index (χ4n) is 2.18. The third-order valence-electron chi connectivity index (χ3n) is 3.57. The van der Waals surface area contributed by atoms with Gasteiger partial charge in [0.2, 0.25) is 14.9 Å². The van der Waals surface area contributed by atoms with Gasteiger partial charge >= 0.3 is 6.18 Å². The Morgan fingerprint density at radius 1 is 1.39 bits per heavy atom. The number of hydrogen-bond acceptors (Lipinski definition) is 6. The van der Waals surface area contributed by atoms with E-state index in [2.05, 4.69) is 10.1 Å².